The van der Waals surface area contributed by atoms with Crippen molar-refractivity contribution >= 4 is 11.3 Å². The van der Waals surface area contributed by atoms with Gasteiger partial charge in [-0.05, 0) is 17.7 Å². The molecule has 24 heavy (non-hydrogen) atoms. The largest absolute Gasteiger partial charge is 0.326 e. The van der Waals surface area contributed by atoms with Gasteiger partial charge in [-0.1, -0.05) is 30.3 Å². The Kier molecular flexibility index (Phi) is 4.22. The van der Waals surface area contributed by atoms with Gasteiger partial charge in [0.2, 0.25) is 0 Å². The second-order valence-corrected chi connectivity index (χ2v) is 7.71. The minimum Gasteiger partial charge on any atom is -0.326 e. The van der Waals surface area contributed by atoms with Crippen molar-refractivity contribution < 1.29 is 0 Å². The van der Waals surface area contributed by atoms with Crippen molar-refractivity contribution in [2.24, 2.45) is 12.8 Å². The van der Waals surface area contributed by atoms with E-state index in [1.54, 1.807) is 0 Å². The van der Waals surface area contributed by atoms with Crippen LogP contribution in [0.15, 0.2) is 54.9 Å². The van der Waals surface area contributed by atoms with E-state index in [-0.39, 0.29) is 6.04 Å². The molecule has 0 radical (unpaired) electrons. The van der Waals surface area contributed by atoms with Crippen molar-refractivity contribution in [3.63, 3.8) is 0 Å². The van der Waals surface area contributed by atoms with Gasteiger partial charge in [-0.15, -0.1) is 11.3 Å². The molecule has 3 heterocycles. The Morgan fingerprint density at radius 3 is 2.75 bits per heavy atom. The first kappa shape index (κ1) is 15.6. The first-order chi connectivity index (χ1) is 11.7. The average molecular weight is 338 g/mol. The predicted molar refractivity (Wildman–Crippen MR) is 99.0 cm³/mol. The summed E-state index contributed by atoms with van der Waals surface area (Å²) >= 11 is 1.85. The summed E-state index contributed by atoms with van der Waals surface area (Å²) in [5.41, 5.74) is 8.95. The highest BCUT2D eigenvalue weighted by molar-refractivity contribution is 7.15. The van der Waals surface area contributed by atoms with Crippen LogP contribution in [-0.4, -0.2) is 33.8 Å². The summed E-state index contributed by atoms with van der Waals surface area (Å²) in [5, 5.41) is 4.26. The van der Waals surface area contributed by atoms with Crippen molar-refractivity contribution in [2.45, 2.75) is 18.5 Å². The lowest BCUT2D eigenvalue weighted by atomic mass is 9.95. The number of aryl methyl sites for hydroxylation is 1. The molecule has 1 aliphatic rings. The second kappa shape index (κ2) is 6.51. The van der Waals surface area contributed by atoms with Crippen LogP contribution in [0.1, 0.15) is 16.4 Å². The van der Waals surface area contributed by atoms with Gasteiger partial charge in [0.05, 0.1) is 6.20 Å². The summed E-state index contributed by atoms with van der Waals surface area (Å²) < 4.78 is 1.85. The van der Waals surface area contributed by atoms with Gasteiger partial charge < -0.3 is 5.73 Å². The van der Waals surface area contributed by atoms with Crippen molar-refractivity contribution in [1.29, 1.82) is 0 Å². The van der Waals surface area contributed by atoms with Crippen LogP contribution < -0.4 is 5.73 Å². The molecule has 2 N–H and O–H groups in total. The number of aromatic nitrogens is 2. The zero-order valence-electron chi connectivity index (χ0n) is 13.8. The fourth-order valence-corrected chi connectivity index (χ4v) is 4.51. The van der Waals surface area contributed by atoms with Crippen molar-refractivity contribution in [3.05, 3.63) is 65.3 Å². The second-order valence-electron chi connectivity index (χ2n) is 6.54. The number of likely N-dealkylation sites (tertiary alicyclic amines) is 1. The van der Waals surface area contributed by atoms with Crippen LogP contribution in [0, 0.1) is 0 Å². The Hall–Kier alpha value is -1.95. The van der Waals surface area contributed by atoms with E-state index in [4.69, 9.17) is 5.73 Å². The summed E-state index contributed by atoms with van der Waals surface area (Å²) in [7, 11) is 1.95. The molecule has 1 fully saturated rings. The molecular formula is C19H22N4S. The van der Waals surface area contributed by atoms with Gasteiger partial charge in [-0.25, -0.2) is 0 Å². The molecule has 4 nitrogen and oxygen atoms in total. The number of rotatable bonds is 4. The maximum absolute atomic E-state index is 6.40. The van der Waals surface area contributed by atoms with Crippen molar-refractivity contribution in [3.8, 4) is 10.4 Å². The Balaban J connectivity index is 1.44. The SMILES string of the molecule is Cn1cc(-c2ccc(CN3C[C@@H](N)[C@H](c4ccccc4)C3)s2)cn1. The van der Waals surface area contributed by atoms with Gasteiger partial charge in [-0.3, -0.25) is 9.58 Å². The van der Waals surface area contributed by atoms with Gasteiger partial charge in [0, 0.05) is 60.2 Å². The summed E-state index contributed by atoms with van der Waals surface area (Å²) in [6.07, 6.45) is 3.99. The summed E-state index contributed by atoms with van der Waals surface area (Å²) in [5.74, 6) is 0.434. The lowest BCUT2D eigenvalue weighted by molar-refractivity contribution is 0.327. The van der Waals surface area contributed by atoms with Crippen LogP contribution in [-0.2, 0) is 13.6 Å². The summed E-state index contributed by atoms with van der Waals surface area (Å²) in [6.45, 7) is 2.97. The number of nitrogens with two attached hydrogens (primary N) is 1. The minimum absolute atomic E-state index is 0.213. The third-order valence-corrected chi connectivity index (χ3v) is 5.82. The fourth-order valence-electron chi connectivity index (χ4n) is 3.48. The van der Waals surface area contributed by atoms with Gasteiger partial charge in [0.25, 0.3) is 0 Å². The van der Waals surface area contributed by atoms with Gasteiger partial charge in [-0.2, -0.15) is 5.10 Å². The van der Waals surface area contributed by atoms with Crippen LogP contribution in [0.2, 0.25) is 0 Å². The smallest absolute Gasteiger partial charge is 0.0576 e. The maximum Gasteiger partial charge on any atom is 0.0576 e. The molecule has 2 atom stereocenters. The molecule has 5 heteroatoms. The van der Waals surface area contributed by atoms with Crippen LogP contribution in [0.4, 0.5) is 0 Å². The Morgan fingerprint density at radius 2 is 2.00 bits per heavy atom. The third kappa shape index (κ3) is 3.15. The topological polar surface area (TPSA) is 47.1 Å². The highest BCUT2D eigenvalue weighted by atomic mass is 32.1. The molecule has 0 amide bonds. The maximum atomic E-state index is 6.40. The molecule has 124 valence electrons. The van der Waals surface area contributed by atoms with Crippen LogP contribution in [0.5, 0.6) is 0 Å². The van der Waals surface area contributed by atoms with Crippen LogP contribution in [0.25, 0.3) is 10.4 Å². The van der Waals surface area contributed by atoms with E-state index in [0.29, 0.717) is 5.92 Å². The predicted octanol–water partition coefficient (Wildman–Crippen LogP) is 3.08. The summed E-state index contributed by atoms with van der Waals surface area (Å²) in [6, 6.07) is 15.3. The first-order valence-corrected chi connectivity index (χ1v) is 9.11. The van der Waals surface area contributed by atoms with E-state index < -0.39 is 0 Å². The molecule has 4 rings (SSSR count). The lowest BCUT2D eigenvalue weighted by Gasteiger charge is -2.15. The molecule has 0 unspecified atom stereocenters. The number of nitrogens with zero attached hydrogens (tertiary/aromatic N) is 3. The molecule has 1 aliphatic heterocycles. The molecule has 2 aromatic heterocycles. The van der Waals surface area contributed by atoms with E-state index >= 15 is 0 Å². The van der Waals surface area contributed by atoms with Crippen LogP contribution in [0.3, 0.4) is 0 Å². The van der Waals surface area contributed by atoms with Gasteiger partial charge in [0.15, 0.2) is 0 Å². The van der Waals surface area contributed by atoms with Crippen molar-refractivity contribution in [2.75, 3.05) is 13.1 Å². The van der Waals surface area contributed by atoms with E-state index in [0.717, 1.165) is 19.6 Å². The quantitative estimate of drug-likeness (QED) is 0.795. The zero-order chi connectivity index (χ0) is 16.5. The molecule has 0 bridgehead atoms. The monoisotopic (exact) mass is 338 g/mol. The van der Waals surface area contributed by atoms with Crippen LogP contribution >= 0.6 is 11.3 Å². The molecule has 0 saturated carbocycles. The Morgan fingerprint density at radius 1 is 1.17 bits per heavy atom. The number of hydrogen-bond donors (Lipinski definition) is 1. The fraction of sp³-hybridized carbons (Fsp3) is 0.316. The van der Waals surface area contributed by atoms with Crippen molar-refractivity contribution in [1.82, 2.24) is 14.7 Å². The average Bonchev–Trinajstić information content (AvgIpc) is 3.29. The Bertz CT molecular complexity index is 808. The van der Waals surface area contributed by atoms with E-state index in [9.17, 15) is 0 Å². The number of hydrogen-bond acceptors (Lipinski definition) is 4. The van der Waals surface area contributed by atoms with Gasteiger partial charge in [0.1, 0.15) is 0 Å². The number of thiophene rings is 1. The molecule has 1 saturated heterocycles. The Labute approximate surface area is 146 Å². The minimum atomic E-state index is 0.213. The molecule has 0 aliphatic carbocycles. The van der Waals surface area contributed by atoms with E-state index in [2.05, 4.69) is 58.7 Å². The molecule has 1 aromatic carbocycles. The zero-order valence-corrected chi connectivity index (χ0v) is 14.6. The normalized spacial score (nSPS) is 21.4. The molecule has 3 aromatic rings. The molecular weight excluding hydrogens is 316 g/mol. The van der Waals surface area contributed by atoms with E-state index in [1.165, 1.54) is 20.9 Å². The summed E-state index contributed by atoms with van der Waals surface area (Å²) in [4.78, 5) is 5.14. The lowest BCUT2D eigenvalue weighted by Crippen LogP contribution is -2.28. The highest BCUT2D eigenvalue weighted by Crippen LogP contribution is 2.31. The van der Waals surface area contributed by atoms with E-state index in [1.807, 2.05) is 29.3 Å². The standard InChI is InChI=1S/C19H22N4S/c1-22-10-15(9-21-22)19-8-7-16(24-19)11-23-12-17(18(20)13-23)14-5-3-2-4-6-14/h2-10,17-18H,11-13,20H2,1H3/t17-,18+/m0/s1. The number of benzene rings is 1. The highest BCUT2D eigenvalue weighted by Gasteiger charge is 2.31. The third-order valence-electron chi connectivity index (χ3n) is 4.70. The molecule has 0 spiro atoms. The first-order valence-electron chi connectivity index (χ1n) is 8.29. The van der Waals surface area contributed by atoms with Gasteiger partial charge >= 0.3 is 0 Å².